The summed E-state index contributed by atoms with van der Waals surface area (Å²) in [5.41, 5.74) is 0.754. The highest BCUT2D eigenvalue weighted by atomic mass is 19.4. The van der Waals surface area contributed by atoms with Crippen molar-refractivity contribution in [3.8, 4) is 0 Å². The zero-order chi connectivity index (χ0) is 49.1. The number of rotatable bonds is 16. The van der Waals surface area contributed by atoms with Crippen molar-refractivity contribution in [3.05, 3.63) is 149 Å². The molecule has 1 aliphatic carbocycles. The van der Waals surface area contributed by atoms with Crippen LogP contribution in [0.3, 0.4) is 0 Å². The maximum atomic E-state index is 15.1. The monoisotopic (exact) mass is 955 g/mol. The number of nitrogens with one attached hydrogen (secondary N) is 2. The quantitative estimate of drug-likeness (QED) is 0.0694. The summed E-state index contributed by atoms with van der Waals surface area (Å²) < 4.78 is 67.6. The van der Waals surface area contributed by atoms with Crippen molar-refractivity contribution in [2.45, 2.75) is 107 Å². The highest BCUT2D eigenvalue weighted by Crippen LogP contribution is 2.59. The first kappa shape index (κ1) is 49.0. The molecule has 8 rings (SSSR count). The Morgan fingerprint density at radius 3 is 2.22 bits per heavy atom. The molecule has 7 unspecified atom stereocenters. The van der Waals surface area contributed by atoms with Crippen LogP contribution in [-0.4, -0.2) is 101 Å². The third kappa shape index (κ3) is 10.7. The number of aliphatic hydroxyl groups excluding tert-OH is 1. The summed E-state index contributed by atoms with van der Waals surface area (Å²) in [6.07, 6.45) is -6.37. The summed E-state index contributed by atoms with van der Waals surface area (Å²) in [7, 11) is 0. The fraction of sp³-hybridized carbons (Fsp3) is 0.392. The number of amides is 2. The number of carbonyl (C=O) groups excluding carboxylic acids is 5. The number of hydrogen-bond acceptors (Lipinski definition) is 13. The molecule has 3 heterocycles. The van der Waals surface area contributed by atoms with Crippen LogP contribution in [0.1, 0.15) is 78.2 Å². The predicted molar refractivity (Wildman–Crippen MR) is 239 cm³/mol. The molecule has 15 nitrogen and oxygen atoms in total. The number of fused-ring (bicyclic) bond motifs is 4. The predicted octanol–water partition coefficient (Wildman–Crippen LogP) is 5.82. The van der Waals surface area contributed by atoms with Crippen LogP contribution in [-0.2, 0) is 66.6 Å². The Kier molecular flexibility index (Phi) is 14.1. The first-order valence-electron chi connectivity index (χ1n) is 22.5. The summed E-state index contributed by atoms with van der Waals surface area (Å²) in [6, 6.07) is 29.6. The Balaban J connectivity index is 1.07. The summed E-state index contributed by atoms with van der Waals surface area (Å²) in [6.45, 7) is 2.92. The Hall–Kier alpha value is -6.44. The van der Waals surface area contributed by atoms with Crippen molar-refractivity contribution in [1.29, 1.82) is 0 Å². The molecule has 0 radical (unpaired) electrons. The maximum Gasteiger partial charge on any atom is 0.422 e. The maximum absolute atomic E-state index is 15.1. The number of alkyl halides is 3. The van der Waals surface area contributed by atoms with Crippen LogP contribution in [0, 0.1) is 5.41 Å². The van der Waals surface area contributed by atoms with Crippen molar-refractivity contribution in [2.24, 2.45) is 5.41 Å². The van der Waals surface area contributed by atoms with Gasteiger partial charge in [0.1, 0.15) is 35.4 Å². The zero-order valence-electron chi connectivity index (χ0n) is 38.0. The summed E-state index contributed by atoms with van der Waals surface area (Å²) in [5.74, 6) is -4.95. The molecule has 0 spiro atoms. The molecule has 18 heteroatoms. The van der Waals surface area contributed by atoms with Crippen LogP contribution in [0.2, 0.25) is 0 Å². The molecule has 4 aromatic carbocycles. The molecular formula is C51H52F3N3O12. The number of hydrogen-bond donors (Lipinski definition) is 3. The smallest absolute Gasteiger partial charge is 0.422 e. The number of halogens is 3. The number of nitrogens with zero attached hydrogens (tertiary/aromatic N) is 1. The molecule has 364 valence electrons. The van der Waals surface area contributed by atoms with Gasteiger partial charge in [-0.15, -0.1) is 0 Å². The summed E-state index contributed by atoms with van der Waals surface area (Å²) >= 11 is 0. The molecule has 3 aliphatic heterocycles. The second kappa shape index (κ2) is 19.9. The molecule has 4 aromatic rings. The lowest BCUT2D eigenvalue weighted by Gasteiger charge is -2.48. The zero-order valence-corrected chi connectivity index (χ0v) is 38.0. The van der Waals surface area contributed by atoms with Crippen LogP contribution in [0.15, 0.2) is 115 Å². The first-order valence-corrected chi connectivity index (χ1v) is 22.5. The normalized spacial score (nSPS) is 24.2. The third-order valence-corrected chi connectivity index (χ3v) is 12.3. The van der Waals surface area contributed by atoms with E-state index in [1.54, 1.807) is 69.3 Å². The van der Waals surface area contributed by atoms with Crippen molar-refractivity contribution < 1.29 is 70.8 Å². The molecule has 3 N–H and O–H groups in total. The van der Waals surface area contributed by atoms with E-state index >= 15 is 4.79 Å². The van der Waals surface area contributed by atoms with E-state index < -0.39 is 102 Å². The Morgan fingerprint density at radius 1 is 0.884 bits per heavy atom. The minimum atomic E-state index is -4.69. The Bertz CT molecular complexity index is 2530. The standard InChI is InChI=1S/C51H52F3N3O12/c1-48(2,3)66-40(60)23-21-37(29-58)56-45(61)34-15-11-13-32(25-34)27-55-47(63)49-26-38-41-42(68-51(67-41,35-16-6-4-7-17-35)36-18-8-5-9-19-36)44(49)69-57(43(49)46(62)65-38)28-33-14-10-12-31(24-33)20-22-39(59)64-30-50(52,53)54/h4-20,22,24-25,37-38,41-44,58H,21,23,26-30H2,1-3H3,(H,55,63)(H,56,61). The van der Waals surface area contributed by atoms with Gasteiger partial charge in [-0.1, -0.05) is 97.1 Å². The second-order valence-corrected chi connectivity index (χ2v) is 18.4. The number of esters is 3. The van der Waals surface area contributed by atoms with Gasteiger partial charge in [-0.2, -0.15) is 18.2 Å². The lowest BCUT2D eigenvalue weighted by Crippen LogP contribution is -2.69. The molecule has 2 bridgehead atoms. The summed E-state index contributed by atoms with van der Waals surface area (Å²) in [5, 5.41) is 17.1. The van der Waals surface area contributed by atoms with Crippen molar-refractivity contribution in [3.63, 3.8) is 0 Å². The van der Waals surface area contributed by atoms with E-state index in [0.29, 0.717) is 27.8 Å². The van der Waals surface area contributed by atoms with E-state index in [0.717, 1.165) is 6.08 Å². The van der Waals surface area contributed by atoms with Gasteiger partial charge in [0.05, 0.1) is 19.2 Å². The number of aliphatic hydroxyl groups is 1. The number of ether oxygens (including phenoxy) is 5. The van der Waals surface area contributed by atoms with E-state index in [1.807, 2.05) is 60.7 Å². The average Bonchev–Trinajstić information content (AvgIpc) is 3.90. The molecular weight excluding hydrogens is 904 g/mol. The van der Waals surface area contributed by atoms with Gasteiger partial charge < -0.3 is 39.4 Å². The minimum absolute atomic E-state index is 0.0162. The highest BCUT2D eigenvalue weighted by Gasteiger charge is 2.76. The topological polar surface area (TPSA) is 188 Å². The largest absolute Gasteiger partial charge is 0.460 e. The van der Waals surface area contributed by atoms with E-state index in [-0.39, 0.29) is 37.9 Å². The lowest BCUT2D eigenvalue weighted by atomic mass is 9.62. The van der Waals surface area contributed by atoms with Gasteiger partial charge >= 0.3 is 24.1 Å². The number of carbonyl (C=O) groups is 5. The SMILES string of the molecule is CC(C)(C)OC(=O)CCC(CO)NC(=O)c1cccc(CNC(=O)C23CC4OC(=O)C2N(Cc2cccc(C=CC(=O)OCC(F)(F)F)c2)OC3C2OC(c3ccccc3)(c3ccccc3)OC42)c1. The van der Waals surface area contributed by atoms with Crippen LogP contribution in [0.5, 0.6) is 0 Å². The van der Waals surface area contributed by atoms with Gasteiger partial charge in [-0.05, 0) is 62.1 Å². The van der Waals surface area contributed by atoms with Gasteiger partial charge in [0.2, 0.25) is 11.7 Å². The fourth-order valence-corrected chi connectivity index (χ4v) is 9.36. The fourth-order valence-electron chi connectivity index (χ4n) is 9.36. The third-order valence-electron chi connectivity index (χ3n) is 12.3. The van der Waals surface area contributed by atoms with Gasteiger partial charge in [0.25, 0.3) is 5.91 Å². The highest BCUT2D eigenvalue weighted by molar-refractivity contribution is 5.95. The summed E-state index contributed by atoms with van der Waals surface area (Å²) in [4.78, 5) is 74.1. The van der Waals surface area contributed by atoms with Crippen LogP contribution in [0.4, 0.5) is 13.2 Å². The Morgan fingerprint density at radius 2 is 1.55 bits per heavy atom. The van der Waals surface area contributed by atoms with Gasteiger partial charge in [0, 0.05) is 42.2 Å². The number of hydroxylamine groups is 2. The van der Waals surface area contributed by atoms with E-state index in [9.17, 15) is 37.5 Å². The molecule has 2 amide bonds. The van der Waals surface area contributed by atoms with Crippen LogP contribution >= 0.6 is 0 Å². The van der Waals surface area contributed by atoms with Gasteiger partial charge in [-0.3, -0.25) is 24.0 Å². The van der Waals surface area contributed by atoms with E-state index in [1.165, 1.54) is 11.1 Å². The van der Waals surface area contributed by atoms with Crippen molar-refractivity contribution in [1.82, 2.24) is 15.7 Å². The first-order chi connectivity index (χ1) is 32.9. The van der Waals surface area contributed by atoms with Gasteiger partial charge in [-0.25, -0.2) is 4.79 Å². The van der Waals surface area contributed by atoms with E-state index in [4.69, 9.17) is 23.8 Å². The van der Waals surface area contributed by atoms with Crippen LogP contribution in [0.25, 0.3) is 6.08 Å². The molecule has 3 saturated heterocycles. The van der Waals surface area contributed by atoms with Gasteiger partial charge in [0.15, 0.2) is 12.6 Å². The molecule has 1 saturated carbocycles. The van der Waals surface area contributed by atoms with Crippen molar-refractivity contribution in [2.75, 3.05) is 13.2 Å². The second-order valence-electron chi connectivity index (χ2n) is 18.4. The molecule has 4 aliphatic rings. The van der Waals surface area contributed by atoms with E-state index in [2.05, 4.69) is 15.4 Å². The van der Waals surface area contributed by atoms with Crippen LogP contribution < -0.4 is 10.6 Å². The molecule has 4 fully saturated rings. The molecule has 69 heavy (non-hydrogen) atoms. The minimum Gasteiger partial charge on any atom is -0.460 e. The molecule has 7 atom stereocenters. The lowest BCUT2D eigenvalue weighted by molar-refractivity contribution is -0.213. The number of benzene rings is 4. The average molecular weight is 956 g/mol. The van der Waals surface area contributed by atoms with Crippen molar-refractivity contribution >= 4 is 35.8 Å². The molecule has 0 aromatic heterocycles. The Labute approximate surface area is 395 Å².